The number of rotatable bonds is 9. The van der Waals surface area contributed by atoms with Crippen molar-refractivity contribution in [3.8, 4) is 0 Å². The van der Waals surface area contributed by atoms with Crippen LogP contribution in [0.15, 0.2) is 36.4 Å². The predicted octanol–water partition coefficient (Wildman–Crippen LogP) is 4.91. The molecule has 3 rings (SSSR count). The minimum absolute atomic E-state index is 0.662. The number of allylic oxidation sites excluding steroid dienone is 2. The minimum atomic E-state index is -1.14. The molecule has 1 saturated heterocycles. The maximum absolute atomic E-state index is 11.9. The summed E-state index contributed by atoms with van der Waals surface area (Å²) in [6.07, 6.45) is 11.7. The Kier molecular flexibility index (Phi) is 9.30. The van der Waals surface area contributed by atoms with Gasteiger partial charge < -0.3 is 18.9 Å². The summed E-state index contributed by atoms with van der Waals surface area (Å²) in [4.78, 5) is 23.9. The first-order chi connectivity index (χ1) is 15.5. The molecule has 0 bridgehead atoms. The Morgan fingerprint density at radius 1 is 0.969 bits per heavy atom. The number of ether oxygens (including phenoxy) is 4. The van der Waals surface area contributed by atoms with Crippen LogP contribution in [0.5, 0.6) is 0 Å². The first-order valence-electron chi connectivity index (χ1n) is 11.8. The van der Waals surface area contributed by atoms with Gasteiger partial charge in [0.25, 0.3) is 0 Å². The molecule has 0 amide bonds. The van der Waals surface area contributed by atoms with E-state index in [4.69, 9.17) is 18.9 Å². The van der Waals surface area contributed by atoms with E-state index >= 15 is 0 Å². The normalized spacial score (nSPS) is 26.3. The first kappa shape index (κ1) is 24.5. The zero-order valence-electron chi connectivity index (χ0n) is 19.5. The van der Waals surface area contributed by atoms with Crippen molar-refractivity contribution in [2.75, 3.05) is 14.2 Å². The molecule has 0 aromatic heterocycles. The number of esters is 2. The Morgan fingerprint density at radius 2 is 1.56 bits per heavy atom. The van der Waals surface area contributed by atoms with Crippen LogP contribution in [-0.2, 0) is 35.0 Å². The largest absolute Gasteiger partial charge is 0.467 e. The van der Waals surface area contributed by atoms with Gasteiger partial charge in [-0.25, -0.2) is 9.59 Å². The second-order valence-corrected chi connectivity index (χ2v) is 8.77. The third kappa shape index (κ3) is 6.42. The molecule has 1 saturated carbocycles. The number of hydrogen-bond acceptors (Lipinski definition) is 6. The summed E-state index contributed by atoms with van der Waals surface area (Å²) < 4.78 is 20.7. The second kappa shape index (κ2) is 12.2. The van der Waals surface area contributed by atoms with Gasteiger partial charge in [-0.15, -0.1) is 0 Å². The quantitative estimate of drug-likeness (QED) is 0.398. The number of benzene rings is 1. The number of hydrogen-bond donors (Lipinski definition) is 0. The third-order valence-electron chi connectivity index (χ3n) is 6.53. The highest BCUT2D eigenvalue weighted by atomic mass is 16.8. The van der Waals surface area contributed by atoms with E-state index in [2.05, 4.69) is 19.1 Å². The Hall–Kier alpha value is -2.18. The van der Waals surface area contributed by atoms with E-state index in [1.807, 2.05) is 24.3 Å². The van der Waals surface area contributed by atoms with Gasteiger partial charge >= 0.3 is 11.9 Å². The number of carbonyl (C=O) groups is 2. The summed E-state index contributed by atoms with van der Waals surface area (Å²) in [6, 6.07) is 7.88. The van der Waals surface area contributed by atoms with Crippen LogP contribution in [0.3, 0.4) is 0 Å². The Morgan fingerprint density at radius 3 is 2.09 bits per heavy atom. The number of methoxy groups -OCH3 is 2. The molecule has 1 aliphatic heterocycles. The summed E-state index contributed by atoms with van der Waals surface area (Å²) >= 11 is 0. The molecule has 2 fully saturated rings. The van der Waals surface area contributed by atoms with Crippen LogP contribution in [0.1, 0.15) is 69.3 Å². The van der Waals surface area contributed by atoms with E-state index < -0.39 is 30.4 Å². The highest BCUT2D eigenvalue weighted by molar-refractivity contribution is 5.86. The Labute approximate surface area is 191 Å². The molecular weight excluding hydrogens is 408 g/mol. The van der Waals surface area contributed by atoms with Gasteiger partial charge in [-0.3, -0.25) is 0 Å². The van der Waals surface area contributed by atoms with Crippen LogP contribution in [0.25, 0.3) is 0 Å². The van der Waals surface area contributed by atoms with E-state index in [0.717, 1.165) is 30.2 Å². The van der Waals surface area contributed by atoms with Crippen LogP contribution in [-0.4, -0.2) is 38.4 Å². The van der Waals surface area contributed by atoms with Gasteiger partial charge in [0, 0.05) is 5.56 Å². The number of carbonyl (C=O) groups excluding carboxylic acids is 2. The predicted molar refractivity (Wildman–Crippen MR) is 121 cm³/mol. The second-order valence-electron chi connectivity index (χ2n) is 8.77. The van der Waals surface area contributed by atoms with Gasteiger partial charge in [0.2, 0.25) is 0 Å². The third-order valence-corrected chi connectivity index (χ3v) is 6.53. The van der Waals surface area contributed by atoms with E-state index in [9.17, 15) is 9.59 Å². The van der Waals surface area contributed by atoms with Crippen molar-refractivity contribution in [1.29, 1.82) is 0 Å². The Bertz CT molecular complexity index is 739. The van der Waals surface area contributed by atoms with E-state index in [1.165, 1.54) is 58.3 Å². The van der Waals surface area contributed by atoms with Crippen LogP contribution >= 0.6 is 0 Å². The molecule has 6 heteroatoms. The fraction of sp³-hybridized carbons (Fsp3) is 0.615. The standard InChI is InChI=1S/C26H36O6/c1-4-7-18-10-12-19(13-11-18)8-5-6-9-20-14-16-21(17-15-20)26-31-22(24(27)29-2)23(32-26)25(28)30-3/h5,8,14-19,22-23,26H,4,6-7,9-13H2,1-3H3/b8-5+/t18?,19?,22-,23-/m1/s1. The van der Waals surface area contributed by atoms with Crippen LogP contribution in [0, 0.1) is 11.8 Å². The lowest BCUT2D eigenvalue weighted by Crippen LogP contribution is -2.38. The Balaban J connectivity index is 1.48. The van der Waals surface area contributed by atoms with Crippen molar-refractivity contribution in [3.05, 3.63) is 47.5 Å². The monoisotopic (exact) mass is 444 g/mol. The summed E-state index contributed by atoms with van der Waals surface area (Å²) in [6.45, 7) is 2.28. The van der Waals surface area contributed by atoms with Crippen molar-refractivity contribution in [1.82, 2.24) is 0 Å². The molecule has 0 spiro atoms. The fourth-order valence-electron chi connectivity index (χ4n) is 4.65. The van der Waals surface area contributed by atoms with Gasteiger partial charge in [0.1, 0.15) is 0 Å². The van der Waals surface area contributed by atoms with Crippen LogP contribution in [0.4, 0.5) is 0 Å². The lowest BCUT2D eigenvalue weighted by molar-refractivity contribution is -0.160. The minimum Gasteiger partial charge on any atom is -0.467 e. The molecule has 1 heterocycles. The lowest BCUT2D eigenvalue weighted by Gasteiger charge is -2.26. The SMILES string of the molecule is CCCC1CCC(/C=C/CCc2ccc(C3O[C@@H](C(=O)OC)[C@H](C(=O)OC)O3)cc2)CC1. The van der Waals surface area contributed by atoms with Gasteiger partial charge in [-0.1, -0.05) is 56.2 Å². The van der Waals surface area contributed by atoms with Gasteiger partial charge in [0.15, 0.2) is 18.5 Å². The lowest BCUT2D eigenvalue weighted by atomic mass is 9.80. The van der Waals surface area contributed by atoms with Crippen LogP contribution < -0.4 is 0 Å². The summed E-state index contributed by atoms with van der Waals surface area (Å²) in [5.74, 6) is 0.366. The van der Waals surface area contributed by atoms with Crippen LogP contribution in [0.2, 0.25) is 0 Å². The zero-order valence-corrected chi connectivity index (χ0v) is 19.5. The van der Waals surface area contributed by atoms with Crippen molar-refractivity contribution in [3.63, 3.8) is 0 Å². The molecule has 0 unspecified atom stereocenters. The van der Waals surface area contributed by atoms with Crippen molar-refractivity contribution in [2.45, 2.75) is 76.8 Å². The molecule has 32 heavy (non-hydrogen) atoms. The molecule has 1 aromatic carbocycles. The van der Waals surface area contributed by atoms with Gasteiger partial charge in [-0.05, 0) is 55.9 Å². The topological polar surface area (TPSA) is 71.1 Å². The molecule has 1 aromatic rings. The molecule has 1 aliphatic carbocycles. The van der Waals surface area contributed by atoms with Crippen molar-refractivity contribution >= 4 is 11.9 Å². The van der Waals surface area contributed by atoms with E-state index in [-0.39, 0.29) is 0 Å². The average Bonchev–Trinajstić information content (AvgIpc) is 3.28. The molecule has 2 aliphatic rings. The first-order valence-corrected chi connectivity index (χ1v) is 11.8. The molecule has 2 atom stereocenters. The molecule has 0 N–H and O–H groups in total. The molecule has 176 valence electrons. The van der Waals surface area contributed by atoms with Crippen molar-refractivity contribution in [2.24, 2.45) is 11.8 Å². The van der Waals surface area contributed by atoms with Gasteiger partial charge in [-0.2, -0.15) is 0 Å². The van der Waals surface area contributed by atoms with E-state index in [0.29, 0.717) is 0 Å². The molecule has 6 nitrogen and oxygen atoms in total. The molecule has 0 radical (unpaired) electrons. The zero-order chi connectivity index (χ0) is 22.9. The average molecular weight is 445 g/mol. The maximum atomic E-state index is 11.9. The van der Waals surface area contributed by atoms with Gasteiger partial charge in [0.05, 0.1) is 14.2 Å². The number of aryl methyl sites for hydroxylation is 1. The molecular formula is C26H36O6. The smallest absolute Gasteiger partial charge is 0.338 e. The summed E-state index contributed by atoms with van der Waals surface area (Å²) in [7, 11) is 2.49. The summed E-state index contributed by atoms with van der Waals surface area (Å²) in [5.41, 5.74) is 1.96. The highest BCUT2D eigenvalue weighted by Gasteiger charge is 2.47. The fourth-order valence-corrected chi connectivity index (χ4v) is 4.65. The summed E-state index contributed by atoms with van der Waals surface area (Å²) in [5, 5.41) is 0. The van der Waals surface area contributed by atoms with Crippen molar-refractivity contribution < 1.29 is 28.5 Å². The van der Waals surface area contributed by atoms with E-state index in [1.54, 1.807) is 0 Å². The highest BCUT2D eigenvalue weighted by Crippen LogP contribution is 2.33. The maximum Gasteiger partial charge on any atom is 0.338 e.